The largest absolute Gasteiger partial charge is 0.326 e. The Morgan fingerprint density at radius 3 is 2.58 bits per heavy atom. The summed E-state index contributed by atoms with van der Waals surface area (Å²) in [5.41, 5.74) is 10.0. The van der Waals surface area contributed by atoms with Crippen LogP contribution in [-0.4, -0.2) is 45.0 Å². The first-order chi connectivity index (χ1) is 19.5. The zero-order valence-electron chi connectivity index (χ0n) is 22.2. The number of hydrogen-bond donors (Lipinski definition) is 2. The van der Waals surface area contributed by atoms with E-state index in [2.05, 4.69) is 38.8 Å². The van der Waals surface area contributed by atoms with Crippen molar-refractivity contribution >= 4 is 22.5 Å². The van der Waals surface area contributed by atoms with E-state index in [0.717, 1.165) is 46.8 Å². The predicted octanol–water partition coefficient (Wildman–Crippen LogP) is 4.69. The van der Waals surface area contributed by atoms with E-state index < -0.39 is 11.7 Å². The zero-order chi connectivity index (χ0) is 27.6. The number of aryl methyl sites for hydroxylation is 1. The summed E-state index contributed by atoms with van der Waals surface area (Å²) >= 11 is 0. The van der Waals surface area contributed by atoms with Gasteiger partial charge in [-0.1, -0.05) is 47.7 Å². The van der Waals surface area contributed by atoms with E-state index in [1.807, 2.05) is 30.3 Å². The summed E-state index contributed by atoms with van der Waals surface area (Å²) in [7, 11) is 1.75. The summed E-state index contributed by atoms with van der Waals surface area (Å²) in [6, 6.07) is 20.6. The summed E-state index contributed by atoms with van der Waals surface area (Å²) in [5, 5.41) is 13.1. The van der Waals surface area contributed by atoms with E-state index in [0.29, 0.717) is 30.2 Å². The van der Waals surface area contributed by atoms with Crippen LogP contribution in [0.4, 0.5) is 10.2 Å². The molecule has 3 aromatic carbocycles. The monoisotopic (exact) mass is 535 g/mol. The number of fused-ring (bicyclic) bond motifs is 1. The fraction of sp³-hybridized carbons (Fsp3) is 0.226. The number of nitrogens with one attached hydrogen (secondary N) is 1. The molecule has 0 bridgehead atoms. The normalized spacial score (nSPS) is 15.3. The van der Waals surface area contributed by atoms with Gasteiger partial charge in [-0.2, -0.15) is 0 Å². The third kappa shape index (κ3) is 4.97. The molecule has 202 valence electrons. The SMILES string of the molecule is Cn1cc(-c2ccc(C(=O)N(c3nccc4cc(-c5ccc(CN)cc5)ccc34)C3CCCNC3)c(F)c2)nn1. The molecule has 1 fully saturated rings. The Bertz CT molecular complexity index is 1680. The topological polar surface area (TPSA) is 102 Å². The first-order valence-electron chi connectivity index (χ1n) is 13.4. The number of benzene rings is 3. The molecule has 1 aliphatic heterocycles. The Morgan fingerprint density at radius 2 is 1.88 bits per heavy atom. The maximum Gasteiger partial charge on any atom is 0.262 e. The number of anilines is 1. The Labute approximate surface area is 231 Å². The van der Waals surface area contributed by atoms with Crippen LogP contribution in [0.1, 0.15) is 28.8 Å². The number of hydrogen-bond acceptors (Lipinski definition) is 6. The highest BCUT2D eigenvalue weighted by molar-refractivity contribution is 6.10. The van der Waals surface area contributed by atoms with Crippen LogP contribution in [0.3, 0.4) is 0 Å². The molecule has 9 heteroatoms. The summed E-state index contributed by atoms with van der Waals surface area (Å²) in [6.07, 6.45) is 5.12. The number of nitrogens with zero attached hydrogens (tertiary/aromatic N) is 5. The Morgan fingerprint density at radius 1 is 1.07 bits per heavy atom. The van der Waals surface area contributed by atoms with Gasteiger partial charge in [0.1, 0.15) is 17.3 Å². The molecule has 0 spiro atoms. The minimum Gasteiger partial charge on any atom is -0.326 e. The van der Waals surface area contributed by atoms with Gasteiger partial charge >= 0.3 is 0 Å². The van der Waals surface area contributed by atoms with Crippen LogP contribution >= 0.6 is 0 Å². The molecule has 1 aliphatic rings. The van der Waals surface area contributed by atoms with E-state index in [1.54, 1.807) is 35.1 Å². The lowest BCUT2D eigenvalue weighted by molar-refractivity contribution is 0.0968. The maximum absolute atomic E-state index is 15.5. The highest BCUT2D eigenvalue weighted by atomic mass is 19.1. The third-order valence-corrected chi connectivity index (χ3v) is 7.45. The number of piperidine rings is 1. The fourth-order valence-corrected chi connectivity index (χ4v) is 5.31. The van der Waals surface area contributed by atoms with Crippen LogP contribution in [0.2, 0.25) is 0 Å². The molecule has 2 aromatic heterocycles. The number of carbonyl (C=O) groups excluding carboxylic acids is 1. The van der Waals surface area contributed by atoms with Gasteiger partial charge in [0.15, 0.2) is 0 Å². The molecule has 3 heterocycles. The van der Waals surface area contributed by atoms with Crippen LogP contribution in [-0.2, 0) is 13.6 Å². The van der Waals surface area contributed by atoms with Crippen molar-refractivity contribution in [3.63, 3.8) is 0 Å². The van der Waals surface area contributed by atoms with Crippen molar-refractivity contribution in [1.82, 2.24) is 25.3 Å². The van der Waals surface area contributed by atoms with Crippen molar-refractivity contribution < 1.29 is 9.18 Å². The second-order valence-electron chi connectivity index (χ2n) is 10.1. The fourth-order valence-electron chi connectivity index (χ4n) is 5.31. The van der Waals surface area contributed by atoms with Crippen molar-refractivity contribution in [2.75, 3.05) is 18.0 Å². The van der Waals surface area contributed by atoms with Crippen LogP contribution in [0.25, 0.3) is 33.2 Å². The van der Waals surface area contributed by atoms with Crippen LogP contribution in [0, 0.1) is 5.82 Å². The number of rotatable bonds is 6. The van der Waals surface area contributed by atoms with Gasteiger partial charge in [-0.15, -0.1) is 5.10 Å². The summed E-state index contributed by atoms with van der Waals surface area (Å²) < 4.78 is 17.1. The van der Waals surface area contributed by atoms with Gasteiger partial charge in [-0.25, -0.2) is 9.37 Å². The number of aromatic nitrogens is 4. The Balaban J connectivity index is 1.40. The first kappa shape index (κ1) is 25.8. The van der Waals surface area contributed by atoms with Crippen LogP contribution in [0.15, 0.2) is 79.1 Å². The predicted molar refractivity (Wildman–Crippen MR) is 154 cm³/mol. The molecule has 3 N–H and O–H groups in total. The second kappa shape index (κ2) is 11.0. The lowest BCUT2D eigenvalue weighted by Gasteiger charge is -2.34. The Hall–Kier alpha value is -4.47. The van der Waals surface area contributed by atoms with E-state index in [-0.39, 0.29) is 11.6 Å². The maximum atomic E-state index is 15.5. The molecular weight excluding hydrogens is 505 g/mol. The minimum atomic E-state index is -0.606. The molecule has 6 rings (SSSR count). The molecule has 0 saturated carbocycles. The van der Waals surface area contributed by atoms with Gasteiger partial charge in [0, 0.05) is 37.3 Å². The molecule has 1 atom stereocenters. The highest BCUT2D eigenvalue weighted by Crippen LogP contribution is 2.33. The van der Waals surface area contributed by atoms with Crippen LogP contribution in [0.5, 0.6) is 0 Å². The quantitative estimate of drug-likeness (QED) is 0.327. The number of nitrogens with two attached hydrogens (primary N) is 1. The standard InChI is InChI=1S/C31H30FN7O/c1-38-19-29(36-37-38)24-9-11-27(28(32)16-24)31(40)39(25-3-2-13-34-18-25)30-26-10-8-22(15-23(26)12-14-35-30)21-6-4-20(17-33)5-7-21/h4-12,14-16,19,25,34H,2-3,13,17-18,33H2,1H3. The average molecular weight is 536 g/mol. The third-order valence-electron chi connectivity index (χ3n) is 7.45. The van der Waals surface area contributed by atoms with Gasteiger partial charge in [0.2, 0.25) is 0 Å². The van der Waals surface area contributed by atoms with Gasteiger partial charge < -0.3 is 11.1 Å². The molecule has 40 heavy (non-hydrogen) atoms. The molecule has 5 aromatic rings. The lowest BCUT2D eigenvalue weighted by atomic mass is 9.99. The first-order valence-corrected chi connectivity index (χ1v) is 13.4. The number of halogens is 1. The van der Waals surface area contributed by atoms with Crippen molar-refractivity contribution in [3.05, 3.63) is 96.1 Å². The average Bonchev–Trinajstić information content (AvgIpc) is 3.44. The number of pyridine rings is 1. The summed E-state index contributed by atoms with van der Waals surface area (Å²) in [5.74, 6) is -0.498. The summed E-state index contributed by atoms with van der Waals surface area (Å²) in [4.78, 5) is 20.4. The number of carbonyl (C=O) groups is 1. The van der Waals surface area contributed by atoms with Crippen LogP contribution < -0.4 is 16.0 Å². The molecule has 0 radical (unpaired) electrons. The molecule has 1 amide bonds. The number of amides is 1. The molecule has 1 saturated heterocycles. The second-order valence-corrected chi connectivity index (χ2v) is 10.1. The molecule has 8 nitrogen and oxygen atoms in total. The highest BCUT2D eigenvalue weighted by Gasteiger charge is 2.31. The van der Waals surface area contributed by atoms with Crippen molar-refractivity contribution in [2.45, 2.75) is 25.4 Å². The minimum absolute atomic E-state index is 0.00590. The Kier molecular flexibility index (Phi) is 7.06. The lowest BCUT2D eigenvalue weighted by Crippen LogP contribution is -2.49. The van der Waals surface area contributed by atoms with Crippen molar-refractivity contribution in [1.29, 1.82) is 0 Å². The smallest absolute Gasteiger partial charge is 0.262 e. The van der Waals surface area contributed by atoms with Crippen molar-refractivity contribution in [3.8, 4) is 22.4 Å². The molecule has 1 unspecified atom stereocenters. The van der Waals surface area contributed by atoms with Gasteiger partial charge in [-0.05, 0) is 65.7 Å². The van der Waals surface area contributed by atoms with E-state index in [1.165, 1.54) is 12.1 Å². The van der Waals surface area contributed by atoms with E-state index in [9.17, 15) is 4.79 Å². The van der Waals surface area contributed by atoms with Gasteiger partial charge in [0.25, 0.3) is 5.91 Å². The molecule has 0 aliphatic carbocycles. The van der Waals surface area contributed by atoms with Gasteiger partial charge in [-0.3, -0.25) is 14.4 Å². The van der Waals surface area contributed by atoms with E-state index in [4.69, 9.17) is 5.73 Å². The van der Waals surface area contributed by atoms with E-state index >= 15 is 4.39 Å². The van der Waals surface area contributed by atoms with Gasteiger partial charge in [0.05, 0.1) is 17.8 Å². The summed E-state index contributed by atoms with van der Waals surface area (Å²) in [6.45, 7) is 1.99. The zero-order valence-corrected chi connectivity index (χ0v) is 22.2. The van der Waals surface area contributed by atoms with Crippen molar-refractivity contribution in [2.24, 2.45) is 12.8 Å². The molecular formula is C31H30FN7O.